The predicted molar refractivity (Wildman–Crippen MR) is 91.0 cm³/mol. The Kier molecular flexibility index (Phi) is 3.29. The molecule has 0 saturated heterocycles. The van der Waals surface area contributed by atoms with E-state index in [-0.39, 0.29) is 17.9 Å². The second-order valence-corrected chi connectivity index (χ2v) is 6.22. The molecule has 0 radical (unpaired) electrons. The van der Waals surface area contributed by atoms with Gasteiger partial charge in [0.25, 0.3) is 0 Å². The quantitative estimate of drug-likeness (QED) is 0.853. The summed E-state index contributed by atoms with van der Waals surface area (Å²) in [7, 11) is 0. The molecule has 3 aliphatic rings. The van der Waals surface area contributed by atoms with Crippen LogP contribution < -0.4 is 5.73 Å². The number of allylic oxidation sites excluding steroid dienone is 3. The van der Waals surface area contributed by atoms with Crippen LogP contribution in [0.3, 0.4) is 0 Å². The van der Waals surface area contributed by atoms with Crippen LogP contribution in [0.4, 0.5) is 0 Å². The minimum Gasteiger partial charge on any atom is -0.486 e. The molecule has 5 nitrogen and oxygen atoms in total. The molecule has 24 heavy (non-hydrogen) atoms. The maximum atomic E-state index is 9.53. The van der Waals surface area contributed by atoms with E-state index in [4.69, 9.17) is 22.1 Å². The van der Waals surface area contributed by atoms with Crippen molar-refractivity contribution in [1.29, 1.82) is 5.26 Å². The van der Waals surface area contributed by atoms with Crippen molar-refractivity contribution >= 4 is 17.4 Å². The van der Waals surface area contributed by atoms with Crippen molar-refractivity contribution in [2.75, 3.05) is 0 Å². The fourth-order valence-electron chi connectivity index (χ4n) is 3.16. The summed E-state index contributed by atoms with van der Waals surface area (Å²) in [6.07, 6.45) is 9.18. The van der Waals surface area contributed by atoms with Crippen LogP contribution in [-0.2, 0) is 4.74 Å². The maximum Gasteiger partial charge on any atom is 0.142 e. The van der Waals surface area contributed by atoms with Crippen molar-refractivity contribution in [2.24, 2.45) is 10.7 Å². The Bertz CT molecular complexity index is 946. The lowest BCUT2D eigenvalue weighted by Gasteiger charge is -2.29. The summed E-state index contributed by atoms with van der Waals surface area (Å²) >= 11 is 6.09. The SMILES string of the molecule is CC1C=CC2=C3N=C(N)C(C#N)=C3C(c3cncc(Cl)c3)C=C2O1. The first kappa shape index (κ1) is 14.7. The van der Waals surface area contributed by atoms with Gasteiger partial charge in [-0.25, -0.2) is 4.99 Å². The molecule has 0 aromatic carbocycles. The highest BCUT2D eigenvalue weighted by Gasteiger charge is 2.36. The van der Waals surface area contributed by atoms with E-state index in [2.05, 4.69) is 16.0 Å². The van der Waals surface area contributed by atoms with Gasteiger partial charge in [-0.05, 0) is 36.8 Å². The molecule has 0 amide bonds. The number of aromatic nitrogens is 1. The van der Waals surface area contributed by atoms with Crippen LogP contribution in [0, 0.1) is 11.3 Å². The first-order valence-corrected chi connectivity index (χ1v) is 7.87. The van der Waals surface area contributed by atoms with Gasteiger partial charge in [-0.15, -0.1) is 0 Å². The fourth-order valence-corrected chi connectivity index (χ4v) is 3.34. The molecule has 2 aliphatic heterocycles. The van der Waals surface area contributed by atoms with E-state index in [9.17, 15) is 5.26 Å². The van der Waals surface area contributed by atoms with Crippen molar-refractivity contribution in [3.8, 4) is 6.07 Å². The lowest BCUT2D eigenvalue weighted by atomic mass is 9.81. The van der Waals surface area contributed by atoms with Crippen LogP contribution >= 0.6 is 11.6 Å². The maximum absolute atomic E-state index is 9.53. The highest BCUT2D eigenvalue weighted by atomic mass is 35.5. The van der Waals surface area contributed by atoms with Crippen LogP contribution in [0.25, 0.3) is 0 Å². The van der Waals surface area contributed by atoms with E-state index in [1.807, 2.05) is 31.2 Å². The summed E-state index contributed by atoms with van der Waals surface area (Å²) in [6.45, 7) is 1.97. The number of ether oxygens (including phenoxy) is 1. The summed E-state index contributed by atoms with van der Waals surface area (Å²) in [5.41, 5.74) is 9.55. The Balaban J connectivity index is 1.97. The molecule has 0 saturated carbocycles. The van der Waals surface area contributed by atoms with E-state index in [1.165, 1.54) is 0 Å². The molecule has 3 heterocycles. The van der Waals surface area contributed by atoms with Gasteiger partial charge in [0.15, 0.2) is 0 Å². The number of rotatable bonds is 1. The highest BCUT2D eigenvalue weighted by molar-refractivity contribution is 6.30. The number of hydrogen-bond acceptors (Lipinski definition) is 5. The highest BCUT2D eigenvalue weighted by Crippen LogP contribution is 2.46. The van der Waals surface area contributed by atoms with Gasteiger partial charge in [0, 0.05) is 29.5 Å². The van der Waals surface area contributed by atoms with Crippen LogP contribution in [0.1, 0.15) is 18.4 Å². The number of nitrogens with zero attached hydrogens (tertiary/aromatic N) is 3. The van der Waals surface area contributed by atoms with Crippen LogP contribution in [0.15, 0.2) is 69.9 Å². The smallest absolute Gasteiger partial charge is 0.142 e. The molecule has 0 bridgehead atoms. The zero-order valence-corrected chi connectivity index (χ0v) is 13.6. The van der Waals surface area contributed by atoms with Gasteiger partial charge in [0.2, 0.25) is 0 Å². The molecule has 1 aromatic heterocycles. The summed E-state index contributed by atoms with van der Waals surface area (Å²) < 4.78 is 5.93. The molecule has 4 rings (SSSR count). The molecule has 2 atom stereocenters. The minimum absolute atomic E-state index is 0.0255. The number of halogens is 1. The fraction of sp³-hybridized carbons (Fsp3) is 0.167. The number of nitriles is 1. The van der Waals surface area contributed by atoms with Gasteiger partial charge < -0.3 is 10.5 Å². The average molecular weight is 337 g/mol. The Morgan fingerprint density at radius 2 is 2.21 bits per heavy atom. The molecule has 0 fully saturated rings. The molecule has 6 heteroatoms. The monoisotopic (exact) mass is 336 g/mol. The first-order chi connectivity index (χ1) is 11.6. The van der Waals surface area contributed by atoms with Crippen molar-refractivity contribution in [3.63, 3.8) is 0 Å². The molecule has 1 aliphatic carbocycles. The number of pyridine rings is 1. The van der Waals surface area contributed by atoms with Crippen molar-refractivity contribution in [2.45, 2.75) is 18.9 Å². The van der Waals surface area contributed by atoms with Crippen LogP contribution in [0.2, 0.25) is 5.02 Å². The van der Waals surface area contributed by atoms with E-state index < -0.39 is 0 Å². The largest absolute Gasteiger partial charge is 0.486 e. The molecule has 2 unspecified atom stereocenters. The lowest BCUT2D eigenvalue weighted by molar-refractivity contribution is 0.170. The summed E-state index contributed by atoms with van der Waals surface area (Å²) in [5.74, 6) is 0.740. The third-order valence-corrected chi connectivity index (χ3v) is 4.41. The van der Waals surface area contributed by atoms with E-state index >= 15 is 0 Å². The Morgan fingerprint density at radius 1 is 1.38 bits per heavy atom. The van der Waals surface area contributed by atoms with Gasteiger partial charge in [0.05, 0.1) is 10.7 Å². The van der Waals surface area contributed by atoms with E-state index in [0.29, 0.717) is 16.3 Å². The molecule has 1 aromatic rings. The Labute approximate surface area is 144 Å². The second-order valence-electron chi connectivity index (χ2n) is 5.79. The number of amidine groups is 1. The predicted octanol–water partition coefficient (Wildman–Crippen LogP) is 3.14. The van der Waals surface area contributed by atoms with Gasteiger partial charge >= 0.3 is 0 Å². The Morgan fingerprint density at radius 3 is 2.96 bits per heavy atom. The zero-order chi connectivity index (χ0) is 16.8. The van der Waals surface area contributed by atoms with E-state index in [0.717, 1.165) is 22.5 Å². The Hall–Kier alpha value is -2.84. The van der Waals surface area contributed by atoms with Gasteiger partial charge in [-0.1, -0.05) is 11.6 Å². The number of fused-ring (bicyclic) bond motifs is 2. The van der Waals surface area contributed by atoms with Gasteiger partial charge in [0.1, 0.15) is 29.3 Å². The molecular formula is C18H13ClN4O. The van der Waals surface area contributed by atoms with Crippen LogP contribution in [0.5, 0.6) is 0 Å². The summed E-state index contributed by atoms with van der Waals surface area (Å²) in [5, 5.41) is 10.1. The number of hydrogen-bond donors (Lipinski definition) is 1. The second kappa shape index (κ2) is 5.36. The van der Waals surface area contributed by atoms with Crippen molar-refractivity contribution in [3.05, 3.63) is 75.4 Å². The normalized spacial score (nSPS) is 24.7. The zero-order valence-electron chi connectivity index (χ0n) is 12.8. The standard InChI is InChI=1S/C18H13ClN4O/c1-9-2-3-12-15(24-9)5-13(10-4-11(19)8-22-7-10)16-14(6-20)18(21)23-17(12)16/h2-5,7-9,13H,1H3,(H2,21,23). The molecular weight excluding hydrogens is 324 g/mol. The first-order valence-electron chi connectivity index (χ1n) is 7.49. The van der Waals surface area contributed by atoms with Crippen molar-refractivity contribution in [1.82, 2.24) is 4.98 Å². The topological polar surface area (TPSA) is 84.3 Å². The van der Waals surface area contributed by atoms with Crippen LogP contribution in [-0.4, -0.2) is 16.9 Å². The minimum atomic E-state index is -0.233. The molecule has 0 spiro atoms. The third-order valence-electron chi connectivity index (χ3n) is 4.21. The summed E-state index contributed by atoms with van der Waals surface area (Å²) in [6, 6.07) is 4.00. The lowest BCUT2D eigenvalue weighted by Crippen LogP contribution is -2.18. The van der Waals surface area contributed by atoms with Crippen molar-refractivity contribution < 1.29 is 4.74 Å². The number of aliphatic imine (C=N–C) groups is 1. The third kappa shape index (κ3) is 2.15. The van der Waals surface area contributed by atoms with Gasteiger partial charge in [-0.2, -0.15) is 5.26 Å². The van der Waals surface area contributed by atoms with Gasteiger partial charge in [-0.3, -0.25) is 4.98 Å². The summed E-state index contributed by atoms with van der Waals surface area (Å²) in [4.78, 5) is 8.58. The molecule has 2 N–H and O–H groups in total. The average Bonchev–Trinajstić information content (AvgIpc) is 2.90. The van der Waals surface area contributed by atoms with E-state index in [1.54, 1.807) is 12.4 Å². The molecule has 118 valence electrons. The number of nitrogens with two attached hydrogens (primary N) is 1.